The van der Waals surface area contributed by atoms with Crippen LogP contribution in [0.5, 0.6) is 0 Å². The van der Waals surface area contributed by atoms with Crippen molar-refractivity contribution < 1.29 is 41.9 Å². The predicted molar refractivity (Wildman–Crippen MR) is 82.8 cm³/mol. The minimum Gasteiger partial charge on any atom is -0.662 e. The van der Waals surface area contributed by atoms with Crippen molar-refractivity contribution in [3.8, 4) is 0 Å². The van der Waals surface area contributed by atoms with Crippen molar-refractivity contribution in [2.75, 3.05) is 18.0 Å². The summed E-state index contributed by atoms with van der Waals surface area (Å²) in [4.78, 5) is 14.7. The number of amides is 1. The van der Waals surface area contributed by atoms with Gasteiger partial charge in [0.25, 0.3) is 5.91 Å². The maximum absolute atomic E-state index is 12.8. The van der Waals surface area contributed by atoms with Gasteiger partial charge in [0.1, 0.15) is 0 Å². The summed E-state index contributed by atoms with van der Waals surface area (Å²) >= 11 is 0. The second-order valence-electron chi connectivity index (χ2n) is 5.39. The first-order valence-electron chi connectivity index (χ1n) is 7.33. The quantitative estimate of drug-likeness (QED) is 0.824. The number of aryl methyl sites for hydroxylation is 1. The van der Waals surface area contributed by atoms with Gasteiger partial charge in [-0.3, -0.25) is 4.79 Å². The summed E-state index contributed by atoms with van der Waals surface area (Å²) in [6.07, 6.45) is 3.34. The normalized spacial score (nSPS) is 15.1. The molecule has 0 bridgehead atoms. The molecule has 0 N–H and O–H groups in total. The molecule has 1 aromatic heterocycles. The van der Waals surface area contributed by atoms with E-state index in [9.17, 15) is 4.79 Å². The van der Waals surface area contributed by atoms with Gasteiger partial charge in [-0.25, -0.2) is 0 Å². The molecule has 3 rings (SSSR count). The average molecular weight is 372 g/mol. The van der Waals surface area contributed by atoms with Crippen molar-refractivity contribution in [2.45, 2.75) is 25.8 Å². The molecule has 1 aliphatic heterocycles. The van der Waals surface area contributed by atoms with Gasteiger partial charge in [0, 0.05) is 44.4 Å². The molecular formula is C17H19N2O2Y-. The fourth-order valence-electron chi connectivity index (χ4n) is 2.71. The Bertz CT molecular complexity index is 590. The Morgan fingerprint density at radius 3 is 2.45 bits per heavy atom. The van der Waals surface area contributed by atoms with Gasteiger partial charge in [-0.15, -0.1) is 13.1 Å². The molecule has 2 aromatic rings. The monoisotopic (exact) mass is 372 g/mol. The van der Waals surface area contributed by atoms with E-state index >= 15 is 0 Å². The number of benzene rings is 1. The molecule has 0 atom stereocenters. The van der Waals surface area contributed by atoms with Crippen LogP contribution in [0.25, 0.3) is 5.32 Å². The zero-order chi connectivity index (χ0) is 14.7. The van der Waals surface area contributed by atoms with E-state index in [-0.39, 0.29) is 44.7 Å². The van der Waals surface area contributed by atoms with Gasteiger partial charge >= 0.3 is 0 Å². The number of hydrogen-bond acceptors (Lipinski definition) is 2. The van der Waals surface area contributed by atoms with Gasteiger partial charge in [-0.05, 0) is 31.2 Å². The van der Waals surface area contributed by atoms with E-state index in [4.69, 9.17) is 4.42 Å². The van der Waals surface area contributed by atoms with Crippen LogP contribution < -0.4 is 4.90 Å². The predicted octanol–water partition coefficient (Wildman–Crippen LogP) is 3.77. The van der Waals surface area contributed by atoms with Crippen molar-refractivity contribution in [1.82, 2.24) is 0 Å². The summed E-state index contributed by atoms with van der Waals surface area (Å²) in [6, 6.07) is 11.7. The molecule has 4 nitrogen and oxygen atoms in total. The maximum atomic E-state index is 12.8. The zero-order valence-corrected chi connectivity index (χ0v) is 15.6. The number of furan rings is 1. The first-order valence-corrected chi connectivity index (χ1v) is 7.33. The first-order chi connectivity index (χ1) is 10.3. The molecule has 0 aliphatic carbocycles. The van der Waals surface area contributed by atoms with E-state index < -0.39 is 0 Å². The topological polar surface area (TPSA) is 47.6 Å². The van der Waals surface area contributed by atoms with E-state index in [1.165, 1.54) is 11.8 Å². The van der Waals surface area contributed by atoms with Gasteiger partial charge in [-0.2, -0.15) is 0 Å². The second-order valence-corrected chi connectivity index (χ2v) is 5.39. The molecule has 22 heavy (non-hydrogen) atoms. The van der Waals surface area contributed by atoms with E-state index in [1.807, 2.05) is 36.1 Å². The molecule has 0 spiro atoms. The Morgan fingerprint density at radius 1 is 1.18 bits per heavy atom. The third-order valence-electron chi connectivity index (χ3n) is 3.87. The largest absolute Gasteiger partial charge is 0.662 e. The molecule has 113 valence electrons. The molecule has 1 aliphatic rings. The third-order valence-corrected chi connectivity index (χ3v) is 3.87. The van der Waals surface area contributed by atoms with E-state index in [0.29, 0.717) is 5.76 Å². The molecular weight excluding hydrogens is 353 g/mol. The second kappa shape index (κ2) is 8.05. The minimum atomic E-state index is -0.0734. The molecule has 5 heteroatoms. The standard InChI is InChI=1S/C17H19N2O2.Y/c1-13-4-6-14(7-5-13)19(15-8-10-18-11-9-15)17(20)16-3-2-12-21-16;/h2-7,12,15H,8-11H2,1H3;/q-1;. The van der Waals surface area contributed by atoms with Gasteiger partial charge in [-0.1, -0.05) is 30.5 Å². The molecule has 0 unspecified atom stereocenters. The molecule has 2 heterocycles. The number of carbonyl (C=O) groups excluding carboxylic acids is 1. The number of anilines is 1. The van der Waals surface area contributed by atoms with Crippen LogP contribution in [0, 0.1) is 6.92 Å². The van der Waals surface area contributed by atoms with Crippen molar-refractivity contribution in [3.63, 3.8) is 0 Å². The van der Waals surface area contributed by atoms with Crippen LogP contribution in [-0.4, -0.2) is 25.0 Å². The number of hydrogen-bond donors (Lipinski definition) is 0. The third kappa shape index (κ3) is 3.86. The molecule has 1 aromatic carbocycles. The summed E-state index contributed by atoms with van der Waals surface area (Å²) < 4.78 is 5.30. The van der Waals surface area contributed by atoms with Crippen LogP contribution in [0.2, 0.25) is 0 Å². The minimum absolute atomic E-state index is 0. The summed E-state index contributed by atoms with van der Waals surface area (Å²) in [7, 11) is 0. The van der Waals surface area contributed by atoms with Crippen LogP contribution in [0.1, 0.15) is 29.0 Å². The van der Waals surface area contributed by atoms with Crippen LogP contribution in [0.4, 0.5) is 5.69 Å². The van der Waals surface area contributed by atoms with Gasteiger partial charge in [0.15, 0.2) is 5.76 Å². The van der Waals surface area contributed by atoms with Crippen LogP contribution in [0.3, 0.4) is 0 Å². The fraction of sp³-hybridized carbons (Fsp3) is 0.353. The average Bonchev–Trinajstić information content (AvgIpc) is 3.05. The summed E-state index contributed by atoms with van der Waals surface area (Å²) in [5.41, 5.74) is 2.11. The SMILES string of the molecule is Cc1ccc(N(C(=O)c2ccco2)C2CC[N-]CC2)cc1.[Y]. The molecule has 0 saturated carbocycles. The number of carbonyl (C=O) groups is 1. The molecule has 1 saturated heterocycles. The Hall–Kier alpha value is -0.966. The van der Waals surface area contributed by atoms with E-state index in [0.717, 1.165) is 31.6 Å². The Labute approximate surface area is 156 Å². The van der Waals surface area contributed by atoms with Crippen LogP contribution in [0.15, 0.2) is 47.1 Å². The van der Waals surface area contributed by atoms with Crippen LogP contribution >= 0.6 is 0 Å². The van der Waals surface area contributed by atoms with E-state index in [2.05, 4.69) is 5.32 Å². The Morgan fingerprint density at radius 2 is 1.86 bits per heavy atom. The zero-order valence-electron chi connectivity index (χ0n) is 12.7. The smallest absolute Gasteiger partial charge is 0.294 e. The van der Waals surface area contributed by atoms with Crippen molar-refractivity contribution in [2.24, 2.45) is 0 Å². The fourth-order valence-corrected chi connectivity index (χ4v) is 2.71. The molecule has 1 fully saturated rings. The van der Waals surface area contributed by atoms with Crippen molar-refractivity contribution >= 4 is 11.6 Å². The van der Waals surface area contributed by atoms with Gasteiger partial charge in [0.2, 0.25) is 0 Å². The summed E-state index contributed by atoms with van der Waals surface area (Å²) in [5, 5.41) is 4.38. The Kier molecular flexibility index (Phi) is 6.36. The van der Waals surface area contributed by atoms with Crippen molar-refractivity contribution in [1.29, 1.82) is 0 Å². The van der Waals surface area contributed by atoms with E-state index in [1.54, 1.807) is 12.1 Å². The summed E-state index contributed by atoms with van der Waals surface area (Å²) in [5.74, 6) is 0.314. The van der Waals surface area contributed by atoms with Crippen LogP contribution in [-0.2, 0) is 32.7 Å². The van der Waals surface area contributed by atoms with Gasteiger partial charge < -0.3 is 14.6 Å². The number of nitrogens with zero attached hydrogens (tertiary/aromatic N) is 2. The first kappa shape index (κ1) is 17.4. The van der Waals surface area contributed by atoms with Crippen molar-refractivity contribution in [3.05, 3.63) is 59.3 Å². The Balaban J connectivity index is 0.00000176. The summed E-state index contributed by atoms with van der Waals surface area (Å²) in [6.45, 7) is 3.68. The molecule has 1 radical (unpaired) electrons. The number of piperidine rings is 1. The molecule has 1 amide bonds. The van der Waals surface area contributed by atoms with Gasteiger partial charge in [0.05, 0.1) is 6.26 Å². The maximum Gasteiger partial charge on any atom is 0.294 e. The number of rotatable bonds is 3.